The molecule has 1 saturated heterocycles. The Morgan fingerprint density at radius 3 is 2.69 bits per heavy atom. The average molecular weight is 223 g/mol. The van der Waals surface area contributed by atoms with Crippen molar-refractivity contribution in [1.82, 2.24) is 5.32 Å². The van der Waals surface area contributed by atoms with Crippen molar-refractivity contribution in [3.05, 3.63) is 24.3 Å². The summed E-state index contributed by atoms with van der Waals surface area (Å²) in [5.74, 6) is 1.42. The molecule has 0 radical (unpaired) electrons. The molecule has 0 aromatic heterocycles. The molecule has 2 rings (SSSR count). The number of benzene rings is 1. The van der Waals surface area contributed by atoms with Crippen LogP contribution in [0, 0.1) is 0 Å². The van der Waals surface area contributed by atoms with Crippen LogP contribution in [0.4, 0.5) is 0 Å². The standard InChI is InChI=1S/C12H17NO3/c1-2-15-10-5-3-4-6-11(10)16-12-8-13-7-9(12)14/h3-6,9,12-14H,2,7-8H2,1H3/t9-,12-/m1/s1. The zero-order valence-electron chi connectivity index (χ0n) is 9.35. The highest BCUT2D eigenvalue weighted by Gasteiger charge is 2.27. The molecular formula is C12H17NO3. The minimum absolute atomic E-state index is 0.193. The van der Waals surface area contributed by atoms with Crippen LogP contribution in [-0.4, -0.2) is 37.0 Å². The molecule has 1 aliphatic heterocycles. The number of rotatable bonds is 4. The van der Waals surface area contributed by atoms with Gasteiger partial charge in [0.05, 0.1) is 6.61 Å². The second-order valence-corrected chi connectivity index (χ2v) is 3.76. The molecule has 4 nitrogen and oxygen atoms in total. The van der Waals surface area contributed by atoms with Gasteiger partial charge in [-0.3, -0.25) is 0 Å². The molecule has 0 saturated carbocycles. The Balaban J connectivity index is 2.07. The van der Waals surface area contributed by atoms with E-state index in [2.05, 4.69) is 5.32 Å². The predicted molar refractivity (Wildman–Crippen MR) is 60.9 cm³/mol. The number of nitrogens with one attached hydrogen (secondary N) is 1. The predicted octanol–water partition coefficient (Wildman–Crippen LogP) is 0.797. The first kappa shape index (κ1) is 11.2. The van der Waals surface area contributed by atoms with E-state index in [0.717, 1.165) is 5.75 Å². The number of hydrogen-bond donors (Lipinski definition) is 2. The van der Waals surface area contributed by atoms with Crippen LogP contribution >= 0.6 is 0 Å². The van der Waals surface area contributed by atoms with Gasteiger partial charge in [-0.25, -0.2) is 0 Å². The molecule has 0 bridgehead atoms. The van der Waals surface area contributed by atoms with Crippen molar-refractivity contribution in [3.8, 4) is 11.5 Å². The molecule has 88 valence electrons. The molecule has 1 aromatic carbocycles. The maximum Gasteiger partial charge on any atom is 0.161 e. The first-order chi connectivity index (χ1) is 7.81. The van der Waals surface area contributed by atoms with Crippen LogP contribution in [0.1, 0.15) is 6.92 Å². The van der Waals surface area contributed by atoms with Gasteiger partial charge in [0.15, 0.2) is 11.5 Å². The van der Waals surface area contributed by atoms with Gasteiger partial charge in [-0.2, -0.15) is 0 Å². The summed E-state index contributed by atoms with van der Waals surface area (Å²) in [6.45, 7) is 3.79. The van der Waals surface area contributed by atoms with Crippen molar-refractivity contribution in [2.75, 3.05) is 19.7 Å². The highest BCUT2D eigenvalue weighted by atomic mass is 16.5. The van der Waals surface area contributed by atoms with Crippen LogP contribution in [0.15, 0.2) is 24.3 Å². The second kappa shape index (κ2) is 5.18. The summed E-state index contributed by atoms with van der Waals surface area (Å²) in [7, 11) is 0. The van der Waals surface area contributed by atoms with Gasteiger partial charge in [0.2, 0.25) is 0 Å². The molecule has 1 heterocycles. The van der Waals surface area contributed by atoms with Gasteiger partial charge in [-0.05, 0) is 19.1 Å². The van der Waals surface area contributed by atoms with E-state index in [9.17, 15) is 5.11 Å². The Morgan fingerprint density at radius 2 is 2.06 bits per heavy atom. The SMILES string of the molecule is CCOc1ccccc1O[C@@H]1CNC[C@H]1O. The third kappa shape index (κ3) is 2.46. The lowest BCUT2D eigenvalue weighted by atomic mass is 10.2. The van der Waals surface area contributed by atoms with Gasteiger partial charge in [0.25, 0.3) is 0 Å². The van der Waals surface area contributed by atoms with Gasteiger partial charge in [-0.15, -0.1) is 0 Å². The fourth-order valence-corrected chi connectivity index (χ4v) is 1.75. The van der Waals surface area contributed by atoms with Gasteiger partial charge in [0.1, 0.15) is 12.2 Å². The molecule has 4 heteroatoms. The van der Waals surface area contributed by atoms with Crippen LogP contribution < -0.4 is 14.8 Å². The van der Waals surface area contributed by atoms with Crippen LogP contribution in [0.5, 0.6) is 11.5 Å². The van der Waals surface area contributed by atoms with E-state index < -0.39 is 6.10 Å². The lowest BCUT2D eigenvalue weighted by Gasteiger charge is -2.18. The first-order valence-electron chi connectivity index (χ1n) is 5.58. The topological polar surface area (TPSA) is 50.7 Å². The summed E-state index contributed by atoms with van der Waals surface area (Å²) >= 11 is 0. The van der Waals surface area contributed by atoms with Gasteiger partial charge in [-0.1, -0.05) is 12.1 Å². The van der Waals surface area contributed by atoms with Gasteiger partial charge >= 0.3 is 0 Å². The minimum Gasteiger partial charge on any atom is -0.490 e. The van der Waals surface area contributed by atoms with E-state index in [4.69, 9.17) is 9.47 Å². The number of β-amino-alcohol motifs (C(OH)–C–C–N with tert-alkyl or cyclic N) is 1. The van der Waals surface area contributed by atoms with E-state index in [0.29, 0.717) is 25.4 Å². The summed E-state index contributed by atoms with van der Waals surface area (Å²) in [5, 5.41) is 12.7. The maximum atomic E-state index is 9.64. The van der Waals surface area contributed by atoms with Crippen molar-refractivity contribution < 1.29 is 14.6 Å². The second-order valence-electron chi connectivity index (χ2n) is 3.76. The van der Waals surface area contributed by atoms with Gasteiger partial charge < -0.3 is 19.9 Å². The molecule has 2 atom stereocenters. The van der Waals surface area contributed by atoms with E-state index in [1.54, 1.807) is 0 Å². The fourth-order valence-electron chi connectivity index (χ4n) is 1.75. The summed E-state index contributed by atoms with van der Waals surface area (Å²) < 4.78 is 11.2. The number of hydrogen-bond acceptors (Lipinski definition) is 4. The third-order valence-corrected chi connectivity index (χ3v) is 2.56. The minimum atomic E-state index is -0.449. The van der Waals surface area contributed by atoms with Crippen molar-refractivity contribution in [1.29, 1.82) is 0 Å². The molecule has 1 fully saturated rings. The Labute approximate surface area is 95.2 Å². The summed E-state index contributed by atoms with van der Waals surface area (Å²) in [4.78, 5) is 0. The zero-order valence-corrected chi connectivity index (χ0v) is 9.35. The monoisotopic (exact) mass is 223 g/mol. The highest BCUT2D eigenvalue weighted by Crippen LogP contribution is 2.28. The van der Waals surface area contributed by atoms with Crippen LogP contribution in [0.25, 0.3) is 0 Å². The van der Waals surface area contributed by atoms with Gasteiger partial charge in [0, 0.05) is 13.1 Å². The molecule has 0 spiro atoms. The quantitative estimate of drug-likeness (QED) is 0.792. The summed E-state index contributed by atoms with van der Waals surface area (Å²) in [6, 6.07) is 7.53. The first-order valence-corrected chi connectivity index (χ1v) is 5.58. The van der Waals surface area contributed by atoms with Crippen LogP contribution in [0.3, 0.4) is 0 Å². The van der Waals surface area contributed by atoms with Crippen LogP contribution in [-0.2, 0) is 0 Å². The van der Waals surface area contributed by atoms with E-state index in [-0.39, 0.29) is 6.10 Å². The molecule has 0 unspecified atom stereocenters. The number of aliphatic hydroxyl groups is 1. The smallest absolute Gasteiger partial charge is 0.161 e. The maximum absolute atomic E-state index is 9.64. The molecule has 0 aliphatic carbocycles. The molecule has 0 amide bonds. The molecule has 16 heavy (non-hydrogen) atoms. The van der Waals surface area contributed by atoms with Crippen molar-refractivity contribution in [2.45, 2.75) is 19.1 Å². The van der Waals surface area contributed by atoms with Crippen LogP contribution in [0.2, 0.25) is 0 Å². The largest absolute Gasteiger partial charge is 0.490 e. The highest BCUT2D eigenvalue weighted by molar-refractivity contribution is 5.39. The van der Waals surface area contributed by atoms with E-state index in [1.165, 1.54) is 0 Å². The molecule has 1 aliphatic rings. The lowest BCUT2D eigenvalue weighted by Crippen LogP contribution is -2.29. The Hall–Kier alpha value is -1.26. The van der Waals surface area contributed by atoms with Crippen molar-refractivity contribution in [2.24, 2.45) is 0 Å². The Morgan fingerprint density at radius 1 is 1.31 bits per heavy atom. The fraction of sp³-hybridized carbons (Fsp3) is 0.500. The summed E-state index contributed by atoms with van der Waals surface area (Å²) in [6.07, 6.45) is -0.642. The van der Waals surface area contributed by atoms with Crippen molar-refractivity contribution >= 4 is 0 Å². The summed E-state index contributed by atoms with van der Waals surface area (Å²) in [5.41, 5.74) is 0. The Kier molecular flexibility index (Phi) is 3.64. The molecule has 1 aromatic rings. The lowest BCUT2D eigenvalue weighted by molar-refractivity contribution is 0.0713. The van der Waals surface area contributed by atoms with E-state index >= 15 is 0 Å². The number of ether oxygens (including phenoxy) is 2. The molecule has 2 N–H and O–H groups in total. The normalized spacial score (nSPS) is 24.4. The van der Waals surface area contributed by atoms with E-state index in [1.807, 2.05) is 31.2 Å². The van der Waals surface area contributed by atoms with Crippen molar-refractivity contribution in [3.63, 3.8) is 0 Å². The average Bonchev–Trinajstić information content (AvgIpc) is 2.68. The zero-order chi connectivity index (χ0) is 11.4. The number of aliphatic hydroxyl groups excluding tert-OH is 1. The Bertz CT molecular complexity index is 343. The number of para-hydroxylation sites is 2. The third-order valence-electron chi connectivity index (χ3n) is 2.56. The molecular weight excluding hydrogens is 206 g/mol.